The Morgan fingerprint density at radius 1 is 1.23 bits per heavy atom. The van der Waals surface area contributed by atoms with Crippen LogP contribution in [0.5, 0.6) is 11.5 Å². The first-order valence-electron chi connectivity index (χ1n) is 8.53. The fraction of sp³-hybridized carbons (Fsp3) is 0.667. The molecule has 1 aliphatic carbocycles. The zero-order chi connectivity index (χ0) is 15.4. The molecule has 1 saturated carbocycles. The molecule has 0 spiro atoms. The van der Waals surface area contributed by atoms with Gasteiger partial charge in [0, 0.05) is 18.5 Å². The average molecular weight is 304 g/mol. The van der Waals surface area contributed by atoms with Crippen molar-refractivity contribution in [2.24, 2.45) is 5.73 Å². The molecule has 22 heavy (non-hydrogen) atoms. The summed E-state index contributed by atoms with van der Waals surface area (Å²) in [5.74, 6) is 1.69. The van der Waals surface area contributed by atoms with Crippen molar-refractivity contribution in [3.05, 3.63) is 23.8 Å². The van der Waals surface area contributed by atoms with E-state index in [0.29, 0.717) is 6.54 Å². The van der Waals surface area contributed by atoms with Crippen LogP contribution in [0, 0.1) is 0 Å². The summed E-state index contributed by atoms with van der Waals surface area (Å²) in [6, 6.07) is 6.38. The number of methoxy groups -OCH3 is 1. The van der Waals surface area contributed by atoms with E-state index < -0.39 is 0 Å². The van der Waals surface area contributed by atoms with Gasteiger partial charge in [0.2, 0.25) is 0 Å². The first kappa shape index (κ1) is 15.6. The second-order valence-electron chi connectivity index (χ2n) is 6.64. The number of rotatable bonds is 5. The number of benzene rings is 1. The summed E-state index contributed by atoms with van der Waals surface area (Å²) in [6.07, 6.45) is 7.40. The third-order valence-electron chi connectivity index (χ3n) is 5.27. The van der Waals surface area contributed by atoms with Crippen LogP contribution in [0.2, 0.25) is 0 Å². The molecule has 1 aromatic carbocycles. The van der Waals surface area contributed by atoms with Gasteiger partial charge in [0.15, 0.2) is 11.5 Å². The zero-order valence-corrected chi connectivity index (χ0v) is 13.6. The number of nitrogens with two attached hydrogens (primary N) is 1. The van der Waals surface area contributed by atoms with Crippen LogP contribution < -0.4 is 20.5 Å². The Balaban J connectivity index is 1.85. The molecule has 0 amide bonds. The SMILES string of the molecule is COc1ccc(C2(CN)CCCC2)cc1OC1CCCNC1. The van der Waals surface area contributed by atoms with Gasteiger partial charge in [0.25, 0.3) is 0 Å². The quantitative estimate of drug-likeness (QED) is 0.878. The second-order valence-corrected chi connectivity index (χ2v) is 6.64. The van der Waals surface area contributed by atoms with Crippen LogP contribution >= 0.6 is 0 Å². The van der Waals surface area contributed by atoms with Gasteiger partial charge in [0.1, 0.15) is 6.10 Å². The van der Waals surface area contributed by atoms with Crippen molar-refractivity contribution in [1.82, 2.24) is 5.32 Å². The Labute approximate surface area is 133 Å². The minimum Gasteiger partial charge on any atom is -0.493 e. The van der Waals surface area contributed by atoms with Gasteiger partial charge in [-0.25, -0.2) is 0 Å². The summed E-state index contributed by atoms with van der Waals surface area (Å²) in [4.78, 5) is 0. The summed E-state index contributed by atoms with van der Waals surface area (Å²) in [7, 11) is 1.70. The Morgan fingerprint density at radius 2 is 2.05 bits per heavy atom. The van der Waals surface area contributed by atoms with Gasteiger partial charge in [-0.2, -0.15) is 0 Å². The average Bonchev–Trinajstić information content (AvgIpc) is 3.06. The van der Waals surface area contributed by atoms with Gasteiger partial charge in [-0.15, -0.1) is 0 Å². The van der Waals surface area contributed by atoms with Crippen molar-refractivity contribution in [2.75, 3.05) is 26.7 Å². The lowest BCUT2D eigenvalue weighted by molar-refractivity contribution is 0.161. The maximum atomic E-state index is 6.24. The van der Waals surface area contributed by atoms with Crippen LogP contribution in [-0.2, 0) is 5.41 Å². The molecular formula is C18H28N2O2. The molecule has 3 rings (SSSR count). The van der Waals surface area contributed by atoms with Crippen molar-refractivity contribution in [2.45, 2.75) is 50.0 Å². The van der Waals surface area contributed by atoms with E-state index in [1.807, 2.05) is 6.07 Å². The molecule has 0 aromatic heterocycles. The molecule has 0 bridgehead atoms. The van der Waals surface area contributed by atoms with E-state index in [9.17, 15) is 0 Å². The highest BCUT2D eigenvalue weighted by atomic mass is 16.5. The van der Waals surface area contributed by atoms with Crippen molar-refractivity contribution in [3.8, 4) is 11.5 Å². The van der Waals surface area contributed by atoms with Gasteiger partial charge in [0.05, 0.1) is 7.11 Å². The third-order valence-corrected chi connectivity index (χ3v) is 5.27. The maximum Gasteiger partial charge on any atom is 0.161 e. The van der Waals surface area contributed by atoms with Gasteiger partial charge in [-0.1, -0.05) is 18.9 Å². The summed E-state index contributed by atoms with van der Waals surface area (Å²) < 4.78 is 11.7. The second kappa shape index (κ2) is 6.88. The number of nitrogens with one attached hydrogen (secondary N) is 1. The minimum atomic E-state index is 0.134. The highest BCUT2D eigenvalue weighted by Crippen LogP contribution is 2.43. The predicted octanol–water partition coefficient (Wildman–Crippen LogP) is 2.60. The highest BCUT2D eigenvalue weighted by molar-refractivity contribution is 5.46. The Morgan fingerprint density at radius 3 is 2.68 bits per heavy atom. The van der Waals surface area contributed by atoms with Crippen LogP contribution in [0.1, 0.15) is 44.1 Å². The maximum absolute atomic E-state index is 6.24. The Bertz CT molecular complexity index is 492. The summed E-state index contributed by atoms with van der Waals surface area (Å²) >= 11 is 0. The number of hydrogen-bond donors (Lipinski definition) is 2. The van der Waals surface area contributed by atoms with Crippen LogP contribution in [-0.4, -0.2) is 32.8 Å². The molecule has 1 aliphatic heterocycles. The smallest absolute Gasteiger partial charge is 0.161 e. The van der Waals surface area contributed by atoms with Crippen LogP contribution in [0.4, 0.5) is 0 Å². The molecule has 1 unspecified atom stereocenters. The lowest BCUT2D eigenvalue weighted by Crippen LogP contribution is -2.37. The predicted molar refractivity (Wildman–Crippen MR) is 88.7 cm³/mol. The summed E-state index contributed by atoms with van der Waals surface area (Å²) in [5.41, 5.74) is 7.57. The van der Waals surface area contributed by atoms with Crippen LogP contribution in [0.15, 0.2) is 18.2 Å². The van der Waals surface area contributed by atoms with Crippen molar-refractivity contribution >= 4 is 0 Å². The first-order chi connectivity index (χ1) is 10.8. The van der Waals surface area contributed by atoms with E-state index in [1.165, 1.54) is 37.7 Å². The topological polar surface area (TPSA) is 56.5 Å². The minimum absolute atomic E-state index is 0.134. The molecular weight excluding hydrogens is 276 g/mol. The number of piperidine rings is 1. The Hall–Kier alpha value is -1.26. The fourth-order valence-corrected chi connectivity index (χ4v) is 3.86. The van der Waals surface area contributed by atoms with Crippen molar-refractivity contribution in [3.63, 3.8) is 0 Å². The highest BCUT2D eigenvalue weighted by Gasteiger charge is 2.35. The number of hydrogen-bond acceptors (Lipinski definition) is 4. The summed E-state index contributed by atoms with van der Waals surface area (Å²) in [6.45, 7) is 2.71. The third kappa shape index (κ3) is 3.08. The van der Waals surface area contributed by atoms with E-state index in [1.54, 1.807) is 7.11 Å². The molecule has 1 saturated heterocycles. The summed E-state index contributed by atoms with van der Waals surface area (Å²) in [5, 5.41) is 3.40. The van der Waals surface area contributed by atoms with Crippen LogP contribution in [0.3, 0.4) is 0 Å². The van der Waals surface area contributed by atoms with Crippen molar-refractivity contribution < 1.29 is 9.47 Å². The lowest BCUT2D eigenvalue weighted by atomic mass is 9.79. The van der Waals surface area contributed by atoms with E-state index in [-0.39, 0.29) is 11.5 Å². The molecule has 0 radical (unpaired) electrons. The van der Waals surface area contributed by atoms with E-state index in [4.69, 9.17) is 15.2 Å². The van der Waals surface area contributed by atoms with Gasteiger partial charge >= 0.3 is 0 Å². The van der Waals surface area contributed by atoms with Gasteiger partial charge in [-0.05, 0) is 49.9 Å². The fourth-order valence-electron chi connectivity index (χ4n) is 3.86. The molecule has 2 aliphatic rings. The molecule has 4 nitrogen and oxygen atoms in total. The normalized spacial score (nSPS) is 24.2. The molecule has 1 aromatic rings. The lowest BCUT2D eigenvalue weighted by Gasteiger charge is -2.30. The molecule has 3 N–H and O–H groups in total. The standard InChI is InChI=1S/C18H28N2O2/c1-21-16-7-6-14(18(13-19)8-2-3-9-18)11-17(16)22-15-5-4-10-20-12-15/h6-7,11,15,20H,2-5,8-10,12-13,19H2,1H3. The van der Waals surface area contributed by atoms with E-state index >= 15 is 0 Å². The first-order valence-corrected chi connectivity index (χ1v) is 8.53. The Kier molecular flexibility index (Phi) is 4.89. The largest absolute Gasteiger partial charge is 0.493 e. The van der Waals surface area contributed by atoms with Crippen molar-refractivity contribution in [1.29, 1.82) is 0 Å². The van der Waals surface area contributed by atoms with Gasteiger partial charge in [-0.3, -0.25) is 0 Å². The molecule has 122 valence electrons. The van der Waals surface area contributed by atoms with E-state index in [0.717, 1.165) is 31.0 Å². The number of ether oxygens (including phenoxy) is 2. The van der Waals surface area contributed by atoms with Gasteiger partial charge < -0.3 is 20.5 Å². The molecule has 2 fully saturated rings. The molecule has 1 atom stereocenters. The van der Waals surface area contributed by atoms with E-state index in [2.05, 4.69) is 17.4 Å². The molecule has 4 heteroatoms. The van der Waals surface area contributed by atoms with Crippen LogP contribution in [0.25, 0.3) is 0 Å². The zero-order valence-electron chi connectivity index (χ0n) is 13.6. The monoisotopic (exact) mass is 304 g/mol. The molecule has 1 heterocycles.